The lowest BCUT2D eigenvalue weighted by Gasteiger charge is -2.18. The van der Waals surface area contributed by atoms with E-state index in [1.54, 1.807) is 44.6 Å². The zero-order chi connectivity index (χ0) is 17.5. The van der Waals surface area contributed by atoms with Gasteiger partial charge in [-0.3, -0.25) is 4.79 Å². The largest absolute Gasteiger partial charge is 0.497 e. The predicted octanol–water partition coefficient (Wildman–Crippen LogP) is 3.65. The van der Waals surface area contributed by atoms with Gasteiger partial charge in [0.25, 0.3) is 0 Å². The third kappa shape index (κ3) is 4.47. The molecule has 0 aromatic heterocycles. The molecule has 0 aliphatic heterocycles. The molecular weight excluding hydrogens is 309 g/mol. The Morgan fingerprint density at radius 1 is 1.17 bits per heavy atom. The van der Waals surface area contributed by atoms with Crippen molar-refractivity contribution in [3.63, 3.8) is 0 Å². The lowest BCUT2D eigenvalue weighted by Crippen LogP contribution is -2.27. The van der Waals surface area contributed by atoms with Crippen molar-refractivity contribution in [2.45, 2.75) is 25.8 Å². The van der Waals surface area contributed by atoms with Crippen LogP contribution in [0.5, 0.6) is 11.5 Å². The van der Waals surface area contributed by atoms with E-state index in [1.165, 1.54) is 6.07 Å². The van der Waals surface area contributed by atoms with Gasteiger partial charge in [0.05, 0.1) is 20.3 Å². The van der Waals surface area contributed by atoms with E-state index in [1.807, 2.05) is 13.0 Å². The third-order valence-electron chi connectivity index (χ3n) is 3.86. The van der Waals surface area contributed by atoms with E-state index in [9.17, 15) is 9.18 Å². The van der Waals surface area contributed by atoms with Gasteiger partial charge in [-0.1, -0.05) is 18.2 Å². The maximum atomic E-state index is 13.6. The van der Waals surface area contributed by atoms with Crippen LogP contribution in [0.15, 0.2) is 42.5 Å². The molecule has 1 atom stereocenters. The average Bonchev–Trinajstić information content (AvgIpc) is 2.60. The van der Waals surface area contributed by atoms with Crippen molar-refractivity contribution in [2.75, 3.05) is 14.2 Å². The summed E-state index contributed by atoms with van der Waals surface area (Å²) in [5.41, 5.74) is 1.37. The summed E-state index contributed by atoms with van der Waals surface area (Å²) in [5, 5.41) is 2.91. The number of aryl methyl sites for hydroxylation is 1. The average molecular weight is 331 g/mol. The lowest BCUT2D eigenvalue weighted by atomic mass is 10.1. The minimum Gasteiger partial charge on any atom is -0.497 e. The Morgan fingerprint density at radius 2 is 1.92 bits per heavy atom. The minimum absolute atomic E-state index is 0.143. The van der Waals surface area contributed by atoms with Gasteiger partial charge in [-0.05, 0) is 43.2 Å². The first-order valence-electron chi connectivity index (χ1n) is 7.80. The van der Waals surface area contributed by atoms with Crippen LogP contribution in [0, 0.1) is 5.82 Å². The van der Waals surface area contributed by atoms with E-state index in [2.05, 4.69) is 5.32 Å². The van der Waals surface area contributed by atoms with Crippen LogP contribution >= 0.6 is 0 Å². The second-order valence-corrected chi connectivity index (χ2v) is 5.49. The van der Waals surface area contributed by atoms with E-state index in [0.29, 0.717) is 23.5 Å². The van der Waals surface area contributed by atoms with E-state index in [-0.39, 0.29) is 24.2 Å². The molecule has 0 unspecified atom stereocenters. The van der Waals surface area contributed by atoms with Crippen molar-refractivity contribution >= 4 is 5.91 Å². The zero-order valence-electron chi connectivity index (χ0n) is 14.1. The minimum atomic E-state index is -0.284. The number of rotatable bonds is 7. The molecule has 0 spiro atoms. The molecule has 0 saturated heterocycles. The molecule has 0 aliphatic carbocycles. The molecule has 0 radical (unpaired) electrons. The molecule has 0 heterocycles. The van der Waals surface area contributed by atoms with Crippen LogP contribution in [0.3, 0.4) is 0 Å². The number of nitrogens with one attached hydrogen (secondary N) is 1. The van der Waals surface area contributed by atoms with Gasteiger partial charge in [-0.2, -0.15) is 0 Å². The number of hydrogen-bond donors (Lipinski definition) is 1. The topological polar surface area (TPSA) is 47.6 Å². The Bertz CT molecular complexity index is 703. The lowest BCUT2D eigenvalue weighted by molar-refractivity contribution is -0.121. The summed E-state index contributed by atoms with van der Waals surface area (Å²) in [7, 11) is 3.17. The normalized spacial score (nSPS) is 11.7. The molecular formula is C19H22FNO3. The van der Waals surface area contributed by atoms with Crippen molar-refractivity contribution in [2.24, 2.45) is 0 Å². The highest BCUT2D eigenvalue weighted by molar-refractivity contribution is 5.76. The molecule has 0 fully saturated rings. The van der Waals surface area contributed by atoms with E-state index >= 15 is 0 Å². The molecule has 1 N–H and O–H groups in total. The SMILES string of the molecule is COc1ccc(OC)c([C@H](C)NC(=O)CCc2ccccc2F)c1. The summed E-state index contributed by atoms with van der Waals surface area (Å²) in [6.07, 6.45) is 0.581. The Balaban J connectivity index is 2.00. The fourth-order valence-electron chi connectivity index (χ4n) is 2.52. The van der Waals surface area contributed by atoms with Crippen molar-refractivity contribution < 1.29 is 18.7 Å². The summed E-state index contributed by atoms with van der Waals surface area (Å²) in [5.74, 6) is 0.944. The van der Waals surface area contributed by atoms with Gasteiger partial charge in [0, 0.05) is 12.0 Å². The van der Waals surface area contributed by atoms with Gasteiger partial charge >= 0.3 is 0 Å². The van der Waals surface area contributed by atoms with Crippen LogP contribution in [0.4, 0.5) is 4.39 Å². The fourth-order valence-corrected chi connectivity index (χ4v) is 2.52. The van der Waals surface area contributed by atoms with E-state index in [0.717, 1.165) is 5.56 Å². The molecule has 1 amide bonds. The van der Waals surface area contributed by atoms with E-state index < -0.39 is 0 Å². The maximum absolute atomic E-state index is 13.6. The second kappa shape index (κ2) is 8.34. The Labute approximate surface area is 141 Å². The van der Waals surface area contributed by atoms with Crippen LogP contribution in [-0.2, 0) is 11.2 Å². The Hall–Kier alpha value is -2.56. The summed E-state index contributed by atoms with van der Waals surface area (Å²) in [6, 6.07) is 11.7. The molecule has 24 heavy (non-hydrogen) atoms. The van der Waals surface area contributed by atoms with Crippen molar-refractivity contribution in [3.8, 4) is 11.5 Å². The standard InChI is InChI=1S/C19H22FNO3/c1-13(16-12-15(23-2)9-10-18(16)24-3)21-19(22)11-8-14-6-4-5-7-17(14)20/h4-7,9-10,12-13H,8,11H2,1-3H3,(H,21,22)/t13-/m0/s1. The molecule has 4 nitrogen and oxygen atoms in total. The zero-order valence-corrected chi connectivity index (χ0v) is 14.1. The highest BCUT2D eigenvalue weighted by Gasteiger charge is 2.15. The van der Waals surface area contributed by atoms with Gasteiger partial charge in [0.15, 0.2) is 0 Å². The van der Waals surface area contributed by atoms with Crippen LogP contribution in [0.1, 0.15) is 30.5 Å². The first kappa shape index (κ1) is 17.8. The summed E-state index contributed by atoms with van der Waals surface area (Å²) in [6.45, 7) is 1.87. The van der Waals surface area contributed by atoms with Crippen LogP contribution in [0.25, 0.3) is 0 Å². The van der Waals surface area contributed by atoms with Gasteiger partial charge < -0.3 is 14.8 Å². The summed E-state index contributed by atoms with van der Waals surface area (Å²) >= 11 is 0. The first-order valence-corrected chi connectivity index (χ1v) is 7.80. The molecule has 2 aromatic rings. The van der Waals surface area contributed by atoms with Gasteiger partial charge in [-0.25, -0.2) is 4.39 Å². The maximum Gasteiger partial charge on any atom is 0.220 e. The number of halogens is 1. The molecule has 0 aliphatic rings. The number of carbonyl (C=O) groups is 1. The molecule has 2 rings (SSSR count). The van der Waals surface area contributed by atoms with Crippen LogP contribution in [0.2, 0.25) is 0 Å². The number of amides is 1. The van der Waals surface area contributed by atoms with Gasteiger partial charge in [0.1, 0.15) is 17.3 Å². The number of carbonyl (C=O) groups excluding carboxylic acids is 1. The van der Waals surface area contributed by atoms with Crippen LogP contribution < -0.4 is 14.8 Å². The Kier molecular flexibility index (Phi) is 6.18. The number of hydrogen-bond acceptors (Lipinski definition) is 3. The van der Waals surface area contributed by atoms with Crippen molar-refractivity contribution in [1.29, 1.82) is 0 Å². The number of methoxy groups -OCH3 is 2. The smallest absolute Gasteiger partial charge is 0.220 e. The first-order chi connectivity index (χ1) is 11.5. The van der Waals surface area contributed by atoms with Crippen LogP contribution in [-0.4, -0.2) is 20.1 Å². The molecule has 128 valence electrons. The third-order valence-corrected chi connectivity index (χ3v) is 3.86. The molecule has 2 aromatic carbocycles. The summed E-state index contributed by atoms with van der Waals surface area (Å²) < 4.78 is 24.1. The predicted molar refractivity (Wildman–Crippen MR) is 90.8 cm³/mol. The monoisotopic (exact) mass is 331 g/mol. The van der Waals surface area contributed by atoms with Crippen molar-refractivity contribution in [3.05, 3.63) is 59.4 Å². The molecule has 5 heteroatoms. The van der Waals surface area contributed by atoms with Crippen molar-refractivity contribution in [1.82, 2.24) is 5.32 Å². The number of benzene rings is 2. The van der Waals surface area contributed by atoms with E-state index in [4.69, 9.17) is 9.47 Å². The molecule has 0 saturated carbocycles. The quantitative estimate of drug-likeness (QED) is 0.842. The Morgan fingerprint density at radius 3 is 2.58 bits per heavy atom. The molecule has 0 bridgehead atoms. The number of ether oxygens (including phenoxy) is 2. The second-order valence-electron chi connectivity index (χ2n) is 5.49. The van der Waals surface area contributed by atoms with Gasteiger partial charge in [-0.15, -0.1) is 0 Å². The summed E-state index contributed by atoms with van der Waals surface area (Å²) in [4.78, 5) is 12.2. The fraction of sp³-hybridized carbons (Fsp3) is 0.316. The highest BCUT2D eigenvalue weighted by Crippen LogP contribution is 2.29. The van der Waals surface area contributed by atoms with Gasteiger partial charge in [0.2, 0.25) is 5.91 Å². The highest BCUT2D eigenvalue weighted by atomic mass is 19.1.